The maximum Gasteiger partial charge on any atom is 0.220 e. The van der Waals surface area contributed by atoms with Crippen LogP contribution < -0.4 is 5.32 Å². The number of rotatable bonds is 1. The normalized spacial score (nSPS) is 28.1. The van der Waals surface area contributed by atoms with Gasteiger partial charge in [-0.15, -0.1) is 0 Å². The minimum Gasteiger partial charge on any atom is -0.356 e. The first-order valence-corrected chi connectivity index (χ1v) is 3.77. The van der Waals surface area contributed by atoms with Crippen LogP contribution in [0.5, 0.6) is 0 Å². The molecule has 1 fully saturated rings. The maximum absolute atomic E-state index is 10.5. The Labute approximate surface area is 56.8 Å². The van der Waals surface area contributed by atoms with Crippen molar-refractivity contribution in [3.63, 3.8) is 0 Å². The summed E-state index contributed by atoms with van der Waals surface area (Å²) in [5, 5.41) is 3.69. The molecule has 3 heteroatoms. The van der Waals surface area contributed by atoms with Gasteiger partial charge >= 0.3 is 0 Å². The zero-order valence-electron chi connectivity index (χ0n) is 4.48. The van der Waals surface area contributed by atoms with E-state index in [1.165, 1.54) is 0 Å². The average Bonchev–Trinajstić information content (AvgIpc) is 2.14. The van der Waals surface area contributed by atoms with Crippen molar-refractivity contribution in [2.75, 3.05) is 11.9 Å². The summed E-state index contributed by atoms with van der Waals surface area (Å²) in [6.45, 7) is 0.851. The van der Waals surface area contributed by atoms with E-state index in [9.17, 15) is 4.79 Å². The number of carbonyl (C=O) groups excluding carboxylic acids is 1. The minimum absolute atomic E-state index is 0.189. The molecule has 1 heterocycles. The van der Waals surface area contributed by atoms with E-state index in [-0.39, 0.29) is 5.91 Å². The molecule has 0 aliphatic carbocycles. The lowest BCUT2D eigenvalue weighted by molar-refractivity contribution is -0.119. The Kier molecular flexibility index (Phi) is 1.89. The van der Waals surface area contributed by atoms with E-state index in [2.05, 4.69) is 21.2 Å². The third-order valence-corrected chi connectivity index (χ3v) is 2.20. The van der Waals surface area contributed by atoms with Crippen molar-refractivity contribution in [2.45, 2.75) is 6.42 Å². The van der Waals surface area contributed by atoms with Crippen LogP contribution >= 0.6 is 15.9 Å². The Hall–Kier alpha value is -0.0500. The molecular weight excluding hydrogens is 170 g/mol. The summed E-state index contributed by atoms with van der Waals surface area (Å²) < 4.78 is 0. The monoisotopic (exact) mass is 177 g/mol. The first kappa shape index (κ1) is 6.08. The summed E-state index contributed by atoms with van der Waals surface area (Å²) in [5.41, 5.74) is 0. The molecule has 0 saturated carbocycles. The minimum atomic E-state index is 0.189. The van der Waals surface area contributed by atoms with Gasteiger partial charge in [0.05, 0.1) is 0 Å². The number of hydrogen-bond acceptors (Lipinski definition) is 1. The molecule has 8 heavy (non-hydrogen) atoms. The molecule has 0 aromatic heterocycles. The van der Waals surface area contributed by atoms with E-state index in [1.54, 1.807) is 0 Å². The van der Waals surface area contributed by atoms with Gasteiger partial charge in [0.1, 0.15) is 0 Å². The molecule has 1 saturated heterocycles. The first-order chi connectivity index (χ1) is 3.83. The maximum atomic E-state index is 10.5. The Morgan fingerprint density at radius 3 is 2.88 bits per heavy atom. The number of nitrogens with one attached hydrogen (secondary N) is 1. The lowest BCUT2D eigenvalue weighted by Gasteiger charge is -1.95. The van der Waals surface area contributed by atoms with Crippen molar-refractivity contribution >= 4 is 21.8 Å². The lowest BCUT2D eigenvalue weighted by Crippen LogP contribution is -2.14. The van der Waals surface area contributed by atoms with E-state index >= 15 is 0 Å². The Bertz CT molecular complexity index is 105. The molecular formula is C5H8BrNO. The van der Waals surface area contributed by atoms with E-state index in [1.807, 2.05) is 0 Å². The Morgan fingerprint density at radius 2 is 2.62 bits per heavy atom. The summed E-state index contributed by atoms with van der Waals surface area (Å²) in [6.07, 6.45) is 0.700. The second-order valence-corrected chi connectivity index (χ2v) is 2.68. The average molecular weight is 178 g/mol. The highest BCUT2D eigenvalue weighted by Crippen LogP contribution is 2.10. The van der Waals surface area contributed by atoms with Crippen molar-refractivity contribution in [3.05, 3.63) is 0 Å². The Balaban J connectivity index is 2.32. The van der Waals surface area contributed by atoms with Gasteiger partial charge in [-0.3, -0.25) is 4.79 Å². The van der Waals surface area contributed by atoms with Gasteiger partial charge in [0.15, 0.2) is 0 Å². The molecule has 1 aliphatic rings. The predicted octanol–water partition coefficient (Wildman–Crippen LogP) is 0.517. The second-order valence-electron chi connectivity index (χ2n) is 2.03. The number of carbonyl (C=O) groups is 1. The SMILES string of the molecule is O=C1C[C@H](CBr)CN1. The fraction of sp³-hybridized carbons (Fsp3) is 0.800. The van der Waals surface area contributed by atoms with Crippen LogP contribution in [-0.2, 0) is 4.79 Å². The third kappa shape index (κ3) is 1.22. The van der Waals surface area contributed by atoms with E-state index in [0.717, 1.165) is 11.9 Å². The molecule has 1 rings (SSSR count). The summed E-state index contributed by atoms with van der Waals surface area (Å²) >= 11 is 3.31. The molecule has 0 spiro atoms. The van der Waals surface area contributed by atoms with Gasteiger partial charge in [-0.25, -0.2) is 0 Å². The summed E-state index contributed by atoms with van der Waals surface area (Å²) in [7, 11) is 0. The fourth-order valence-electron chi connectivity index (χ4n) is 0.774. The number of halogens is 1. The van der Waals surface area contributed by atoms with E-state index in [4.69, 9.17) is 0 Å². The predicted molar refractivity (Wildman–Crippen MR) is 34.9 cm³/mol. The molecule has 1 amide bonds. The quantitative estimate of drug-likeness (QED) is 0.582. The molecule has 1 atom stereocenters. The second kappa shape index (κ2) is 2.49. The molecule has 0 unspecified atom stereocenters. The van der Waals surface area contributed by atoms with Crippen LogP contribution in [-0.4, -0.2) is 17.8 Å². The number of amides is 1. The van der Waals surface area contributed by atoms with Crippen LogP contribution in [0.25, 0.3) is 0 Å². The molecule has 1 aliphatic heterocycles. The molecule has 0 bridgehead atoms. The van der Waals surface area contributed by atoms with E-state index < -0.39 is 0 Å². The molecule has 2 nitrogen and oxygen atoms in total. The van der Waals surface area contributed by atoms with Gasteiger partial charge < -0.3 is 5.32 Å². The van der Waals surface area contributed by atoms with Crippen molar-refractivity contribution in [1.29, 1.82) is 0 Å². The molecule has 0 radical (unpaired) electrons. The number of alkyl halides is 1. The Morgan fingerprint density at radius 1 is 1.88 bits per heavy atom. The molecule has 0 aromatic rings. The highest BCUT2D eigenvalue weighted by molar-refractivity contribution is 9.09. The van der Waals surface area contributed by atoms with Gasteiger partial charge in [0.25, 0.3) is 0 Å². The van der Waals surface area contributed by atoms with Crippen LogP contribution in [0, 0.1) is 5.92 Å². The topological polar surface area (TPSA) is 29.1 Å². The van der Waals surface area contributed by atoms with E-state index in [0.29, 0.717) is 12.3 Å². The third-order valence-electron chi connectivity index (χ3n) is 1.28. The van der Waals surface area contributed by atoms with Crippen LogP contribution in [0.3, 0.4) is 0 Å². The van der Waals surface area contributed by atoms with Crippen LogP contribution in [0.1, 0.15) is 6.42 Å². The fourth-order valence-corrected chi connectivity index (χ4v) is 1.23. The standard InChI is InChI=1S/C5H8BrNO/c6-2-4-1-5(8)7-3-4/h4H,1-3H2,(H,7,8)/t4-/m1/s1. The highest BCUT2D eigenvalue weighted by Gasteiger charge is 2.19. The molecule has 46 valence electrons. The zero-order valence-corrected chi connectivity index (χ0v) is 6.07. The van der Waals surface area contributed by atoms with Crippen molar-refractivity contribution in [2.24, 2.45) is 5.92 Å². The van der Waals surface area contributed by atoms with Gasteiger partial charge in [-0.05, 0) is 5.92 Å². The smallest absolute Gasteiger partial charge is 0.220 e. The van der Waals surface area contributed by atoms with Crippen molar-refractivity contribution in [3.8, 4) is 0 Å². The summed E-state index contributed by atoms with van der Waals surface area (Å²) in [6, 6.07) is 0. The summed E-state index contributed by atoms with van der Waals surface area (Å²) in [4.78, 5) is 10.5. The zero-order chi connectivity index (χ0) is 5.98. The van der Waals surface area contributed by atoms with Gasteiger partial charge in [-0.2, -0.15) is 0 Å². The number of hydrogen-bond donors (Lipinski definition) is 1. The van der Waals surface area contributed by atoms with Gasteiger partial charge in [-0.1, -0.05) is 15.9 Å². The van der Waals surface area contributed by atoms with Crippen LogP contribution in [0.4, 0.5) is 0 Å². The highest BCUT2D eigenvalue weighted by atomic mass is 79.9. The van der Waals surface area contributed by atoms with Crippen LogP contribution in [0.15, 0.2) is 0 Å². The van der Waals surface area contributed by atoms with Gasteiger partial charge in [0.2, 0.25) is 5.91 Å². The molecule has 0 aromatic carbocycles. The van der Waals surface area contributed by atoms with Crippen molar-refractivity contribution < 1.29 is 4.79 Å². The lowest BCUT2D eigenvalue weighted by atomic mass is 10.2. The van der Waals surface area contributed by atoms with Gasteiger partial charge in [0, 0.05) is 18.3 Å². The van der Waals surface area contributed by atoms with Crippen LogP contribution in [0.2, 0.25) is 0 Å². The largest absolute Gasteiger partial charge is 0.356 e. The summed E-state index contributed by atoms with van der Waals surface area (Å²) in [5.74, 6) is 0.719. The van der Waals surface area contributed by atoms with Crippen molar-refractivity contribution in [1.82, 2.24) is 5.32 Å². The molecule has 1 N–H and O–H groups in total. The first-order valence-electron chi connectivity index (χ1n) is 2.65.